The third-order valence-electron chi connectivity index (χ3n) is 4.73. The summed E-state index contributed by atoms with van der Waals surface area (Å²) in [5.74, 6) is -0.352. The Kier molecular flexibility index (Phi) is 4.90. The molecule has 4 rings (SSSR count). The number of fused-ring (bicyclic) bond motifs is 1. The molecule has 0 saturated heterocycles. The van der Waals surface area contributed by atoms with E-state index >= 15 is 0 Å². The minimum absolute atomic E-state index is 0.313. The van der Waals surface area contributed by atoms with Crippen molar-refractivity contribution in [1.29, 1.82) is 0 Å². The number of benzene rings is 3. The first-order valence-corrected chi connectivity index (χ1v) is 9.41. The molecule has 3 nitrogen and oxygen atoms in total. The van der Waals surface area contributed by atoms with Crippen LogP contribution in [0.3, 0.4) is 0 Å². The molecule has 4 aromatic rings. The summed E-state index contributed by atoms with van der Waals surface area (Å²) in [4.78, 5) is 18.0. The van der Waals surface area contributed by atoms with Gasteiger partial charge in [-0.3, -0.25) is 0 Å². The second-order valence-electron chi connectivity index (χ2n) is 6.68. The molecule has 0 unspecified atom stereocenters. The molecule has 0 bridgehead atoms. The number of ether oxygens (including phenoxy) is 1. The first-order chi connectivity index (χ1) is 13.7. The van der Waals surface area contributed by atoms with Crippen molar-refractivity contribution in [3.8, 4) is 22.4 Å². The molecule has 28 heavy (non-hydrogen) atoms. The molecular formula is C25H21NO2. The quantitative estimate of drug-likeness (QED) is 0.412. The maximum atomic E-state index is 13.1. The second-order valence-corrected chi connectivity index (χ2v) is 6.68. The van der Waals surface area contributed by atoms with Gasteiger partial charge in [0.1, 0.15) is 0 Å². The van der Waals surface area contributed by atoms with Crippen LogP contribution in [-0.4, -0.2) is 17.6 Å². The Balaban J connectivity index is 2.15. The predicted molar refractivity (Wildman–Crippen MR) is 113 cm³/mol. The summed E-state index contributed by atoms with van der Waals surface area (Å²) >= 11 is 0. The van der Waals surface area contributed by atoms with Crippen molar-refractivity contribution in [3.63, 3.8) is 0 Å². The summed E-state index contributed by atoms with van der Waals surface area (Å²) in [7, 11) is 0. The first-order valence-electron chi connectivity index (χ1n) is 9.41. The van der Waals surface area contributed by atoms with Gasteiger partial charge in [-0.25, -0.2) is 9.78 Å². The van der Waals surface area contributed by atoms with Gasteiger partial charge in [-0.05, 0) is 31.0 Å². The Morgan fingerprint density at radius 2 is 1.54 bits per heavy atom. The van der Waals surface area contributed by atoms with E-state index in [1.54, 1.807) is 0 Å². The topological polar surface area (TPSA) is 39.2 Å². The fraction of sp³-hybridized carbons (Fsp3) is 0.120. The molecule has 0 aliphatic rings. The minimum Gasteiger partial charge on any atom is -0.462 e. The number of hydrogen-bond acceptors (Lipinski definition) is 3. The van der Waals surface area contributed by atoms with Gasteiger partial charge in [0.2, 0.25) is 0 Å². The number of esters is 1. The van der Waals surface area contributed by atoms with Crippen LogP contribution in [-0.2, 0) is 4.74 Å². The number of hydrogen-bond donors (Lipinski definition) is 0. The van der Waals surface area contributed by atoms with Gasteiger partial charge in [-0.1, -0.05) is 72.8 Å². The maximum Gasteiger partial charge on any atom is 0.341 e. The van der Waals surface area contributed by atoms with Crippen LogP contribution in [0.15, 0.2) is 78.9 Å². The molecule has 1 aromatic heterocycles. The van der Waals surface area contributed by atoms with Crippen LogP contribution in [0.25, 0.3) is 33.3 Å². The van der Waals surface area contributed by atoms with Crippen molar-refractivity contribution in [3.05, 3.63) is 90.0 Å². The van der Waals surface area contributed by atoms with Gasteiger partial charge in [0.15, 0.2) is 0 Å². The van der Waals surface area contributed by atoms with Gasteiger partial charge in [-0.2, -0.15) is 0 Å². The SMILES string of the molecule is CCOC(=O)c1c(-c2ccccc2)nc2cc(C)ccc2c1-c1ccccc1. The van der Waals surface area contributed by atoms with Crippen molar-refractivity contribution in [2.75, 3.05) is 6.61 Å². The summed E-state index contributed by atoms with van der Waals surface area (Å²) < 4.78 is 5.45. The Morgan fingerprint density at radius 1 is 0.893 bits per heavy atom. The molecule has 1 heterocycles. The number of carbonyl (C=O) groups excluding carboxylic acids is 1. The third-order valence-corrected chi connectivity index (χ3v) is 4.73. The molecule has 138 valence electrons. The maximum absolute atomic E-state index is 13.1. The van der Waals surface area contributed by atoms with Gasteiger partial charge >= 0.3 is 5.97 Å². The monoisotopic (exact) mass is 367 g/mol. The molecule has 0 radical (unpaired) electrons. The van der Waals surface area contributed by atoms with Crippen LogP contribution in [0.2, 0.25) is 0 Å². The van der Waals surface area contributed by atoms with E-state index < -0.39 is 0 Å². The number of carbonyl (C=O) groups is 1. The van der Waals surface area contributed by atoms with E-state index in [4.69, 9.17) is 9.72 Å². The van der Waals surface area contributed by atoms with E-state index in [1.807, 2.05) is 86.6 Å². The summed E-state index contributed by atoms with van der Waals surface area (Å²) in [5.41, 5.74) is 5.88. The number of aromatic nitrogens is 1. The summed E-state index contributed by atoms with van der Waals surface area (Å²) in [6, 6.07) is 25.9. The molecule has 3 aromatic carbocycles. The molecule has 0 N–H and O–H groups in total. The van der Waals surface area contributed by atoms with Crippen LogP contribution in [0.1, 0.15) is 22.8 Å². The fourth-order valence-electron chi connectivity index (χ4n) is 3.49. The molecule has 0 amide bonds. The van der Waals surface area contributed by atoms with Crippen molar-refractivity contribution in [2.24, 2.45) is 0 Å². The molecule has 0 atom stereocenters. The van der Waals surface area contributed by atoms with Crippen LogP contribution in [0.5, 0.6) is 0 Å². The molecule has 0 spiro atoms. The highest BCUT2D eigenvalue weighted by molar-refractivity contribution is 6.11. The lowest BCUT2D eigenvalue weighted by Gasteiger charge is -2.17. The molecule has 3 heteroatoms. The van der Waals surface area contributed by atoms with E-state index in [0.717, 1.165) is 33.2 Å². The van der Waals surface area contributed by atoms with Crippen LogP contribution >= 0.6 is 0 Å². The number of nitrogens with zero attached hydrogens (tertiary/aromatic N) is 1. The largest absolute Gasteiger partial charge is 0.462 e. The average Bonchev–Trinajstić information content (AvgIpc) is 2.73. The molecule has 0 aliphatic carbocycles. The van der Waals surface area contributed by atoms with Gasteiger partial charge in [0, 0.05) is 16.5 Å². The highest BCUT2D eigenvalue weighted by Crippen LogP contribution is 2.37. The van der Waals surface area contributed by atoms with E-state index in [1.165, 1.54) is 0 Å². The molecular weight excluding hydrogens is 346 g/mol. The van der Waals surface area contributed by atoms with E-state index in [2.05, 4.69) is 6.07 Å². The van der Waals surface area contributed by atoms with Gasteiger partial charge in [-0.15, -0.1) is 0 Å². The van der Waals surface area contributed by atoms with Crippen LogP contribution in [0.4, 0.5) is 0 Å². The summed E-state index contributed by atoms with van der Waals surface area (Å²) in [5, 5.41) is 0.944. The fourth-order valence-corrected chi connectivity index (χ4v) is 3.49. The highest BCUT2D eigenvalue weighted by atomic mass is 16.5. The number of pyridine rings is 1. The Hall–Kier alpha value is -3.46. The smallest absolute Gasteiger partial charge is 0.341 e. The lowest BCUT2D eigenvalue weighted by Crippen LogP contribution is -2.10. The Labute approximate surface area is 164 Å². The van der Waals surface area contributed by atoms with Crippen molar-refractivity contribution >= 4 is 16.9 Å². The zero-order valence-electron chi connectivity index (χ0n) is 16.0. The summed E-state index contributed by atoms with van der Waals surface area (Å²) in [6.45, 7) is 4.18. The third kappa shape index (κ3) is 3.27. The molecule has 0 fully saturated rings. The second kappa shape index (κ2) is 7.65. The predicted octanol–water partition coefficient (Wildman–Crippen LogP) is 6.05. The zero-order valence-corrected chi connectivity index (χ0v) is 16.0. The lowest BCUT2D eigenvalue weighted by molar-refractivity contribution is 0.0528. The Morgan fingerprint density at radius 3 is 2.18 bits per heavy atom. The van der Waals surface area contributed by atoms with Gasteiger partial charge in [0.05, 0.1) is 23.4 Å². The summed E-state index contributed by atoms with van der Waals surface area (Å²) in [6.07, 6.45) is 0. The number of aryl methyl sites for hydroxylation is 1. The van der Waals surface area contributed by atoms with E-state index in [0.29, 0.717) is 17.9 Å². The molecule has 0 saturated carbocycles. The van der Waals surface area contributed by atoms with Gasteiger partial charge in [0.25, 0.3) is 0 Å². The van der Waals surface area contributed by atoms with E-state index in [9.17, 15) is 4.79 Å². The normalized spacial score (nSPS) is 10.8. The average molecular weight is 367 g/mol. The Bertz CT molecular complexity index is 1140. The minimum atomic E-state index is -0.352. The lowest BCUT2D eigenvalue weighted by atomic mass is 9.91. The van der Waals surface area contributed by atoms with Gasteiger partial charge < -0.3 is 4.74 Å². The van der Waals surface area contributed by atoms with Crippen LogP contribution in [0, 0.1) is 6.92 Å². The molecule has 0 aliphatic heterocycles. The number of rotatable bonds is 4. The van der Waals surface area contributed by atoms with E-state index in [-0.39, 0.29) is 5.97 Å². The van der Waals surface area contributed by atoms with Crippen LogP contribution < -0.4 is 0 Å². The zero-order chi connectivity index (χ0) is 19.5. The van der Waals surface area contributed by atoms with Crippen molar-refractivity contribution < 1.29 is 9.53 Å². The van der Waals surface area contributed by atoms with Crippen molar-refractivity contribution in [2.45, 2.75) is 13.8 Å². The highest BCUT2D eigenvalue weighted by Gasteiger charge is 2.24. The first kappa shape index (κ1) is 17.9. The standard InChI is InChI=1S/C25H21NO2/c1-3-28-25(27)23-22(18-10-6-4-7-11-18)20-15-14-17(2)16-21(20)26-24(23)19-12-8-5-9-13-19/h4-16H,3H2,1-2H3. The van der Waals surface area contributed by atoms with Crippen molar-refractivity contribution in [1.82, 2.24) is 4.98 Å².